The molecule has 0 unspecified atom stereocenters. The van der Waals surface area contributed by atoms with Crippen LogP contribution < -0.4 is 5.32 Å². The van der Waals surface area contributed by atoms with Crippen molar-refractivity contribution in [2.75, 3.05) is 6.54 Å². The van der Waals surface area contributed by atoms with E-state index in [1.807, 2.05) is 13.8 Å². The molecule has 142 valence electrons. The summed E-state index contributed by atoms with van der Waals surface area (Å²) >= 11 is 0. The van der Waals surface area contributed by atoms with E-state index in [0.717, 1.165) is 49.2 Å². The van der Waals surface area contributed by atoms with Crippen LogP contribution in [0, 0.1) is 13.8 Å². The van der Waals surface area contributed by atoms with Crippen LogP contribution >= 0.6 is 0 Å². The van der Waals surface area contributed by atoms with Gasteiger partial charge in [-0.05, 0) is 60.8 Å². The number of carbonyl (C=O) groups is 1. The van der Waals surface area contributed by atoms with Gasteiger partial charge in [0.2, 0.25) is 5.91 Å². The summed E-state index contributed by atoms with van der Waals surface area (Å²) in [5.41, 5.74) is 1.83. The number of unbranched alkanes of at least 4 members (excludes halogenated alkanes) is 1. The third-order valence-corrected chi connectivity index (χ3v) is 5.19. The molecule has 0 aliphatic carbocycles. The summed E-state index contributed by atoms with van der Waals surface area (Å²) < 4.78 is 5.24. The molecule has 5 nitrogen and oxygen atoms in total. The van der Waals surface area contributed by atoms with Gasteiger partial charge >= 0.3 is 0 Å². The fraction of sp³-hybridized carbons (Fsp3) is 0.800. The van der Waals surface area contributed by atoms with Crippen LogP contribution in [0.1, 0.15) is 77.3 Å². The van der Waals surface area contributed by atoms with Gasteiger partial charge in [-0.3, -0.25) is 4.79 Å². The average molecular weight is 350 g/mol. The summed E-state index contributed by atoms with van der Waals surface area (Å²) in [6.07, 6.45) is 4.47. The first-order valence-electron chi connectivity index (χ1n) is 9.55. The Hall–Kier alpha value is -1.36. The van der Waals surface area contributed by atoms with Crippen molar-refractivity contribution in [1.82, 2.24) is 15.4 Å². The molecular weight excluding hydrogens is 314 g/mol. The maximum Gasteiger partial charge on any atom is 0.227 e. The van der Waals surface area contributed by atoms with Crippen molar-refractivity contribution in [3.8, 4) is 0 Å². The second-order valence-electron chi connectivity index (χ2n) is 8.88. The van der Waals surface area contributed by atoms with Crippen molar-refractivity contribution < 1.29 is 9.32 Å². The molecule has 2 rings (SSSR count). The van der Waals surface area contributed by atoms with Crippen LogP contribution in [0.2, 0.25) is 0 Å². The Labute approximate surface area is 152 Å². The summed E-state index contributed by atoms with van der Waals surface area (Å²) in [6, 6.07) is 0.269. The summed E-state index contributed by atoms with van der Waals surface area (Å²) in [4.78, 5) is 15.3. The Bertz CT molecular complexity index is 569. The first-order chi connectivity index (χ1) is 11.5. The molecule has 1 fully saturated rings. The van der Waals surface area contributed by atoms with E-state index in [2.05, 4.69) is 50.0 Å². The van der Waals surface area contributed by atoms with E-state index in [1.165, 1.54) is 0 Å². The monoisotopic (exact) mass is 349 g/mol. The van der Waals surface area contributed by atoms with Gasteiger partial charge in [-0.15, -0.1) is 0 Å². The van der Waals surface area contributed by atoms with E-state index in [0.29, 0.717) is 6.42 Å². The van der Waals surface area contributed by atoms with Crippen LogP contribution in [0.4, 0.5) is 0 Å². The van der Waals surface area contributed by atoms with Gasteiger partial charge in [-0.2, -0.15) is 0 Å². The highest BCUT2D eigenvalue weighted by molar-refractivity contribution is 5.79. The van der Waals surface area contributed by atoms with Crippen LogP contribution in [0.25, 0.3) is 0 Å². The van der Waals surface area contributed by atoms with Crippen LogP contribution in [-0.4, -0.2) is 39.6 Å². The highest BCUT2D eigenvalue weighted by Gasteiger charge is 2.41. The zero-order valence-electron chi connectivity index (χ0n) is 17.0. The van der Waals surface area contributed by atoms with E-state index in [9.17, 15) is 4.79 Å². The Morgan fingerprint density at radius 1 is 1.24 bits per heavy atom. The Balaban J connectivity index is 2.21. The largest absolute Gasteiger partial charge is 0.361 e. The van der Waals surface area contributed by atoms with Gasteiger partial charge in [0.15, 0.2) is 0 Å². The number of rotatable bonds is 6. The van der Waals surface area contributed by atoms with Crippen molar-refractivity contribution in [2.24, 2.45) is 0 Å². The van der Waals surface area contributed by atoms with Gasteiger partial charge in [0.1, 0.15) is 5.76 Å². The number of nitrogens with zero attached hydrogens (tertiary/aromatic N) is 2. The summed E-state index contributed by atoms with van der Waals surface area (Å²) in [5, 5.41) is 7.71. The molecule has 0 bridgehead atoms. The maximum absolute atomic E-state index is 13.2. The highest BCUT2D eigenvalue weighted by Crippen LogP contribution is 2.32. The molecule has 1 aromatic heterocycles. The minimum atomic E-state index is 0.0280. The minimum Gasteiger partial charge on any atom is -0.361 e. The average Bonchev–Trinajstić information content (AvgIpc) is 2.76. The van der Waals surface area contributed by atoms with Crippen molar-refractivity contribution in [2.45, 2.75) is 97.7 Å². The SMILES string of the molecule is CCCCN(C(=O)Cc1c(C)noc1C)C1CC(C)(C)NC(C)(C)C1. The van der Waals surface area contributed by atoms with Crippen LogP contribution in [-0.2, 0) is 11.2 Å². The summed E-state index contributed by atoms with van der Waals surface area (Å²) in [7, 11) is 0. The molecule has 0 aromatic carbocycles. The number of nitrogens with one attached hydrogen (secondary N) is 1. The van der Waals surface area contributed by atoms with E-state index in [-0.39, 0.29) is 23.0 Å². The molecule has 2 heterocycles. The first kappa shape index (κ1) is 20.0. The Kier molecular flexibility index (Phi) is 5.97. The van der Waals surface area contributed by atoms with E-state index in [1.54, 1.807) is 0 Å². The van der Waals surface area contributed by atoms with Gasteiger partial charge in [-0.25, -0.2) is 0 Å². The van der Waals surface area contributed by atoms with E-state index in [4.69, 9.17) is 4.52 Å². The van der Waals surface area contributed by atoms with Crippen LogP contribution in [0.15, 0.2) is 4.52 Å². The molecule has 1 N–H and O–H groups in total. The molecule has 1 aliphatic rings. The van der Waals surface area contributed by atoms with Crippen molar-refractivity contribution in [3.63, 3.8) is 0 Å². The molecule has 0 saturated carbocycles. The third-order valence-electron chi connectivity index (χ3n) is 5.19. The Morgan fingerprint density at radius 2 is 1.84 bits per heavy atom. The fourth-order valence-electron chi connectivity index (χ4n) is 4.34. The van der Waals surface area contributed by atoms with Gasteiger partial charge < -0.3 is 14.7 Å². The van der Waals surface area contributed by atoms with Crippen molar-refractivity contribution in [3.05, 3.63) is 17.0 Å². The smallest absolute Gasteiger partial charge is 0.227 e. The molecule has 1 amide bonds. The number of aromatic nitrogens is 1. The number of hydrogen-bond acceptors (Lipinski definition) is 4. The molecular formula is C20H35N3O2. The lowest BCUT2D eigenvalue weighted by Gasteiger charge is -2.49. The lowest BCUT2D eigenvalue weighted by atomic mass is 9.78. The Morgan fingerprint density at radius 3 is 2.32 bits per heavy atom. The summed E-state index contributed by atoms with van der Waals surface area (Å²) in [5.74, 6) is 0.952. The van der Waals surface area contributed by atoms with E-state index < -0.39 is 0 Å². The topological polar surface area (TPSA) is 58.4 Å². The molecule has 0 atom stereocenters. The second-order valence-corrected chi connectivity index (χ2v) is 8.88. The number of piperidine rings is 1. The quantitative estimate of drug-likeness (QED) is 0.849. The van der Waals surface area contributed by atoms with E-state index >= 15 is 0 Å². The lowest BCUT2D eigenvalue weighted by molar-refractivity contribution is -0.134. The van der Waals surface area contributed by atoms with Gasteiger partial charge in [0.05, 0.1) is 12.1 Å². The van der Waals surface area contributed by atoms with Crippen LogP contribution in [0.5, 0.6) is 0 Å². The van der Waals surface area contributed by atoms with Crippen molar-refractivity contribution >= 4 is 5.91 Å². The van der Waals surface area contributed by atoms with Crippen molar-refractivity contribution in [1.29, 1.82) is 0 Å². The lowest BCUT2D eigenvalue weighted by Crippen LogP contribution is -2.63. The standard InChI is InChI=1S/C20H35N3O2/c1-8-9-10-23(16-12-19(4,5)22-20(6,7)13-16)18(24)11-17-14(2)21-25-15(17)3/h16,22H,8-13H2,1-7H3. The zero-order valence-corrected chi connectivity index (χ0v) is 17.0. The highest BCUT2D eigenvalue weighted by atomic mass is 16.5. The number of aryl methyl sites for hydroxylation is 2. The second kappa shape index (κ2) is 7.48. The molecule has 1 aromatic rings. The zero-order chi connectivity index (χ0) is 18.8. The van der Waals surface area contributed by atoms with Gasteiger partial charge in [0.25, 0.3) is 0 Å². The molecule has 0 radical (unpaired) electrons. The van der Waals surface area contributed by atoms with Crippen LogP contribution in [0.3, 0.4) is 0 Å². The normalized spacial score (nSPS) is 19.8. The number of carbonyl (C=O) groups excluding carboxylic acids is 1. The first-order valence-corrected chi connectivity index (χ1v) is 9.55. The maximum atomic E-state index is 13.2. The molecule has 5 heteroatoms. The minimum absolute atomic E-state index is 0.0280. The van der Waals surface area contributed by atoms with Gasteiger partial charge in [-0.1, -0.05) is 18.5 Å². The third kappa shape index (κ3) is 5.06. The number of amides is 1. The fourth-order valence-corrected chi connectivity index (χ4v) is 4.34. The molecule has 25 heavy (non-hydrogen) atoms. The predicted octanol–water partition coefficient (Wildman–Crippen LogP) is 3.77. The molecule has 0 spiro atoms. The predicted molar refractivity (Wildman–Crippen MR) is 101 cm³/mol. The van der Waals surface area contributed by atoms with Gasteiger partial charge in [0, 0.05) is 29.2 Å². The molecule has 1 saturated heterocycles. The summed E-state index contributed by atoms with van der Waals surface area (Å²) in [6.45, 7) is 15.7. The number of hydrogen-bond donors (Lipinski definition) is 1. The molecule has 1 aliphatic heterocycles.